The van der Waals surface area contributed by atoms with Crippen molar-refractivity contribution in [3.05, 3.63) is 11.6 Å². The minimum absolute atomic E-state index is 0.798. The van der Waals surface area contributed by atoms with Gasteiger partial charge in [0.2, 0.25) is 0 Å². The van der Waals surface area contributed by atoms with Gasteiger partial charge in [0.1, 0.15) is 0 Å². The van der Waals surface area contributed by atoms with E-state index in [2.05, 4.69) is 15.9 Å². The molecule has 0 bridgehead atoms. The molecule has 1 saturated heterocycles. The molecule has 0 spiro atoms. The second-order valence-corrected chi connectivity index (χ2v) is 5.33. The second kappa shape index (κ2) is 7.14. The lowest BCUT2D eigenvalue weighted by Gasteiger charge is -2.34. The van der Waals surface area contributed by atoms with Crippen LogP contribution in [0, 0.1) is 0 Å². The molecular weight excluding hydrogens is 210 g/mol. The highest BCUT2D eigenvalue weighted by Gasteiger charge is 2.16. The average Bonchev–Trinajstić information content (AvgIpc) is 2.40. The number of hydrogen-bond donors (Lipinski definition) is 1. The molecule has 3 nitrogen and oxygen atoms in total. The summed E-state index contributed by atoms with van der Waals surface area (Å²) in [6.07, 6.45) is 9.27. The zero-order valence-electron chi connectivity index (χ0n) is 11.0. The molecule has 3 heteroatoms. The van der Waals surface area contributed by atoms with E-state index in [0.29, 0.717) is 0 Å². The molecule has 2 aliphatic rings. The van der Waals surface area contributed by atoms with Gasteiger partial charge in [-0.05, 0) is 32.1 Å². The SMILES string of the molecule is NCCN1CCN(CCC2=CCCCC2)CC1. The van der Waals surface area contributed by atoms with Gasteiger partial charge in [-0.25, -0.2) is 0 Å². The van der Waals surface area contributed by atoms with Gasteiger partial charge in [0.25, 0.3) is 0 Å². The molecular formula is C14H27N3. The Bertz CT molecular complexity index is 242. The maximum Gasteiger partial charge on any atom is 0.0110 e. The first-order chi connectivity index (χ1) is 8.38. The number of nitrogens with zero attached hydrogens (tertiary/aromatic N) is 2. The lowest BCUT2D eigenvalue weighted by Crippen LogP contribution is -2.47. The van der Waals surface area contributed by atoms with E-state index in [1.54, 1.807) is 5.57 Å². The van der Waals surface area contributed by atoms with Gasteiger partial charge in [-0.3, -0.25) is 4.90 Å². The Labute approximate surface area is 106 Å². The summed E-state index contributed by atoms with van der Waals surface area (Å²) in [5, 5.41) is 0. The van der Waals surface area contributed by atoms with Crippen LogP contribution in [0.15, 0.2) is 11.6 Å². The van der Waals surface area contributed by atoms with Crippen LogP contribution in [0.25, 0.3) is 0 Å². The van der Waals surface area contributed by atoms with Crippen molar-refractivity contribution < 1.29 is 0 Å². The molecule has 2 N–H and O–H groups in total. The maximum atomic E-state index is 5.59. The summed E-state index contributed by atoms with van der Waals surface area (Å²) in [5.41, 5.74) is 7.30. The zero-order valence-corrected chi connectivity index (χ0v) is 11.0. The van der Waals surface area contributed by atoms with Crippen molar-refractivity contribution in [1.29, 1.82) is 0 Å². The Kier molecular flexibility index (Phi) is 5.49. The molecule has 1 aliphatic carbocycles. The van der Waals surface area contributed by atoms with Gasteiger partial charge in [0.05, 0.1) is 0 Å². The molecule has 2 rings (SSSR count). The smallest absolute Gasteiger partial charge is 0.0110 e. The molecule has 98 valence electrons. The monoisotopic (exact) mass is 237 g/mol. The lowest BCUT2D eigenvalue weighted by atomic mass is 9.97. The van der Waals surface area contributed by atoms with Gasteiger partial charge in [-0.15, -0.1) is 0 Å². The summed E-state index contributed by atoms with van der Waals surface area (Å²) < 4.78 is 0. The van der Waals surface area contributed by atoms with Crippen LogP contribution in [0.2, 0.25) is 0 Å². The summed E-state index contributed by atoms with van der Waals surface area (Å²) >= 11 is 0. The molecule has 0 saturated carbocycles. The quantitative estimate of drug-likeness (QED) is 0.735. The Hall–Kier alpha value is -0.380. The predicted molar refractivity (Wildman–Crippen MR) is 73.1 cm³/mol. The Morgan fingerprint density at radius 3 is 2.29 bits per heavy atom. The first-order valence-electron chi connectivity index (χ1n) is 7.21. The third-order valence-corrected chi connectivity index (χ3v) is 4.04. The number of nitrogens with two attached hydrogens (primary N) is 1. The van der Waals surface area contributed by atoms with Gasteiger partial charge in [-0.2, -0.15) is 0 Å². The van der Waals surface area contributed by atoms with E-state index < -0.39 is 0 Å². The minimum Gasteiger partial charge on any atom is -0.329 e. The van der Waals surface area contributed by atoms with E-state index in [1.165, 1.54) is 64.8 Å². The van der Waals surface area contributed by atoms with Crippen LogP contribution in [-0.4, -0.2) is 55.6 Å². The number of piperazine rings is 1. The van der Waals surface area contributed by atoms with E-state index in [4.69, 9.17) is 5.73 Å². The van der Waals surface area contributed by atoms with Crippen molar-refractivity contribution in [2.24, 2.45) is 5.73 Å². The van der Waals surface area contributed by atoms with E-state index in [1.807, 2.05) is 0 Å². The molecule has 17 heavy (non-hydrogen) atoms. The van der Waals surface area contributed by atoms with Crippen LogP contribution in [-0.2, 0) is 0 Å². The Morgan fingerprint density at radius 2 is 1.71 bits per heavy atom. The fourth-order valence-electron chi connectivity index (χ4n) is 2.85. The van der Waals surface area contributed by atoms with Crippen molar-refractivity contribution in [1.82, 2.24) is 9.80 Å². The van der Waals surface area contributed by atoms with Crippen LogP contribution < -0.4 is 5.73 Å². The summed E-state index contributed by atoms with van der Waals surface area (Å²) in [5.74, 6) is 0. The van der Waals surface area contributed by atoms with Crippen LogP contribution in [0.1, 0.15) is 32.1 Å². The largest absolute Gasteiger partial charge is 0.329 e. The molecule has 0 aromatic rings. The third kappa shape index (κ3) is 4.41. The van der Waals surface area contributed by atoms with Crippen molar-refractivity contribution in [3.63, 3.8) is 0 Å². The first-order valence-corrected chi connectivity index (χ1v) is 7.21. The van der Waals surface area contributed by atoms with Gasteiger partial charge in [-0.1, -0.05) is 11.6 Å². The molecule has 0 amide bonds. The van der Waals surface area contributed by atoms with E-state index >= 15 is 0 Å². The molecule has 1 aliphatic heterocycles. The molecule has 0 radical (unpaired) electrons. The van der Waals surface area contributed by atoms with Gasteiger partial charge < -0.3 is 10.6 Å². The molecule has 0 aromatic heterocycles. The molecule has 0 unspecified atom stereocenters. The lowest BCUT2D eigenvalue weighted by molar-refractivity contribution is 0.136. The minimum atomic E-state index is 0.798. The topological polar surface area (TPSA) is 32.5 Å². The Morgan fingerprint density at radius 1 is 1.00 bits per heavy atom. The van der Waals surface area contributed by atoms with Gasteiger partial charge in [0.15, 0.2) is 0 Å². The highest BCUT2D eigenvalue weighted by molar-refractivity contribution is 5.05. The van der Waals surface area contributed by atoms with Crippen LogP contribution >= 0.6 is 0 Å². The van der Waals surface area contributed by atoms with Gasteiger partial charge >= 0.3 is 0 Å². The van der Waals surface area contributed by atoms with Crippen molar-refractivity contribution >= 4 is 0 Å². The molecule has 0 aromatic carbocycles. The Balaban J connectivity index is 1.62. The number of hydrogen-bond acceptors (Lipinski definition) is 3. The number of allylic oxidation sites excluding steroid dienone is 1. The predicted octanol–water partition coefficient (Wildman–Crippen LogP) is 1.45. The van der Waals surface area contributed by atoms with Crippen molar-refractivity contribution in [3.8, 4) is 0 Å². The molecule has 1 fully saturated rings. The van der Waals surface area contributed by atoms with Crippen molar-refractivity contribution in [2.75, 3.05) is 45.8 Å². The van der Waals surface area contributed by atoms with E-state index in [0.717, 1.165) is 13.1 Å². The van der Waals surface area contributed by atoms with Crippen LogP contribution in [0.5, 0.6) is 0 Å². The zero-order chi connectivity index (χ0) is 11.9. The normalized spacial score (nSPS) is 23.7. The summed E-state index contributed by atoms with van der Waals surface area (Å²) in [6, 6.07) is 0. The molecule has 1 heterocycles. The van der Waals surface area contributed by atoms with Crippen LogP contribution in [0.4, 0.5) is 0 Å². The highest BCUT2D eigenvalue weighted by atomic mass is 15.3. The molecule has 0 atom stereocenters. The summed E-state index contributed by atoms with van der Waals surface area (Å²) in [6.45, 7) is 8.00. The standard InChI is InChI=1S/C14H27N3/c15-7-9-17-12-10-16(11-13-17)8-6-14-4-2-1-3-5-14/h4H,1-3,5-13,15H2. The highest BCUT2D eigenvalue weighted by Crippen LogP contribution is 2.20. The number of rotatable bonds is 5. The maximum absolute atomic E-state index is 5.59. The van der Waals surface area contributed by atoms with Gasteiger partial charge in [0, 0.05) is 45.8 Å². The summed E-state index contributed by atoms with van der Waals surface area (Å²) in [7, 11) is 0. The van der Waals surface area contributed by atoms with Crippen molar-refractivity contribution in [2.45, 2.75) is 32.1 Å². The van der Waals surface area contributed by atoms with E-state index in [-0.39, 0.29) is 0 Å². The second-order valence-electron chi connectivity index (χ2n) is 5.33. The third-order valence-electron chi connectivity index (χ3n) is 4.04. The fraction of sp³-hybridized carbons (Fsp3) is 0.857. The summed E-state index contributed by atoms with van der Waals surface area (Å²) in [4.78, 5) is 5.10. The van der Waals surface area contributed by atoms with Crippen LogP contribution in [0.3, 0.4) is 0 Å². The van der Waals surface area contributed by atoms with E-state index in [9.17, 15) is 0 Å². The first kappa shape index (κ1) is 13.1. The average molecular weight is 237 g/mol. The fourth-order valence-corrected chi connectivity index (χ4v) is 2.85.